The number of amides is 3. The summed E-state index contributed by atoms with van der Waals surface area (Å²) < 4.78 is 44.4. The third kappa shape index (κ3) is 5.36. The Hall–Kier alpha value is -3.33. The van der Waals surface area contributed by atoms with Gasteiger partial charge in [-0.2, -0.15) is 18.4 Å². The second kappa shape index (κ2) is 9.94. The Morgan fingerprint density at radius 3 is 2.40 bits per heavy atom. The number of alkyl halides is 3. The van der Waals surface area contributed by atoms with Crippen molar-refractivity contribution in [3.63, 3.8) is 0 Å². The molecule has 4 aliphatic rings. The minimum atomic E-state index is -4.44. The van der Waals surface area contributed by atoms with Crippen molar-refractivity contribution < 1.29 is 32.3 Å². The van der Waals surface area contributed by atoms with Gasteiger partial charge in [0.15, 0.2) is 0 Å². The molecule has 3 saturated heterocycles. The SMILES string of the molecule is C[C@H](c1ccc(C(F)(F)F)cc1)N1C(=O)[C@H]2CC1CN2C[C@H](NC(=O)OC(C)(C)C)C(=O)N1[C@H](C#N)C[C@@H]2C[C@@H]21. The molecule has 4 fully saturated rings. The van der Waals surface area contributed by atoms with Gasteiger partial charge in [-0.15, -0.1) is 0 Å². The van der Waals surface area contributed by atoms with E-state index in [1.165, 1.54) is 12.1 Å². The highest BCUT2D eigenvalue weighted by Gasteiger charge is 2.56. The molecule has 5 rings (SSSR count). The van der Waals surface area contributed by atoms with Crippen LogP contribution in [-0.4, -0.2) is 81.5 Å². The topological polar surface area (TPSA) is 106 Å². The molecule has 12 heteroatoms. The molecule has 0 aromatic heterocycles. The van der Waals surface area contributed by atoms with Crippen molar-refractivity contribution in [2.75, 3.05) is 13.1 Å². The zero-order chi connectivity index (χ0) is 29.1. The Kier molecular flexibility index (Phi) is 7.01. The average molecular weight is 562 g/mol. The monoisotopic (exact) mass is 561 g/mol. The van der Waals surface area contributed by atoms with E-state index in [1.807, 2.05) is 4.90 Å². The number of carbonyl (C=O) groups excluding carboxylic acids is 3. The van der Waals surface area contributed by atoms with E-state index in [0.29, 0.717) is 30.9 Å². The molecule has 216 valence electrons. The van der Waals surface area contributed by atoms with Gasteiger partial charge in [0.05, 0.1) is 23.7 Å². The van der Waals surface area contributed by atoms with Gasteiger partial charge in [0, 0.05) is 25.2 Å². The van der Waals surface area contributed by atoms with Crippen LogP contribution in [0.2, 0.25) is 0 Å². The first-order chi connectivity index (χ1) is 18.7. The van der Waals surface area contributed by atoms with E-state index in [-0.39, 0.29) is 30.4 Å². The van der Waals surface area contributed by atoms with Crippen molar-refractivity contribution in [3.05, 3.63) is 35.4 Å². The highest BCUT2D eigenvalue weighted by atomic mass is 19.4. The van der Waals surface area contributed by atoms with Crippen LogP contribution < -0.4 is 5.32 Å². The summed E-state index contributed by atoms with van der Waals surface area (Å²) in [4.78, 5) is 45.0. The number of hydrogen-bond donors (Lipinski definition) is 1. The standard InChI is InChI=1S/C28H34F3N5O4/c1-15(16-5-7-18(8-6-16)28(29,30)31)35-20-11-23(25(35)38)34(13-20)14-21(33-26(39)40-27(2,3)4)24(37)36-19(12-32)9-17-10-22(17)36/h5-8,15,17,19-23H,9-11,13-14H2,1-4H3,(H,33,39)/t15-,17-,19+,20?,21+,22+,23-/m1/s1. The minimum absolute atomic E-state index is 0.00294. The van der Waals surface area contributed by atoms with Gasteiger partial charge in [-0.25, -0.2) is 4.79 Å². The van der Waals surface area contributed by atoms with Crippen molar-refractivity contribution in [1.29, 1.82) is 5.26 Å². The average Bonchev–Trinajstić information content (AvgIpc) is 3.18. The van der Waals surface area contributed by atoms with E-state index in [9.17, 15) is 32.8 Å². The summed E-state index contributed by atoms with van der Waals surface area (Å²) in [5.41, 5.74) is -0.915. The predicted octanol–water partition coefficient (Wildman–Crippen LogP) is 3.46. The van der Waals surface area contributed by atoms with Crippen molar-refractivity contribution >= 4 is 17.9 Å². The lowest BCUT2D eigenvalue weighted by Crippen LogP contribution is -2.59. The smallest absolute Gasteiger partial charge is 0.416 e. The van der Waals surface area contributed by atoms with Crippen LogP contribution in [0.15, 0.2) is 24.3 Å². The van der Waals surface area contributed by atoms with E-state index in [2.05, 4.69) is 11.4 Å². The number of carbonyl (C=O) groups is 3. The number of alkyl carbamates (subject to hydrolysis) is 1. The van der Waals surface area contributed by atoms with E-state index in [4.69, 9.17) is 4.74 Å². The number of ether oxygens (including phenoxy) is 1. The van der Waals surface area contributed by atoms with E-state index in [0.717, 1.165) is 18.6 Å². The van der Waals surface area contributed by atoms with Gasteiger partial charge in [-0.05, 0) is 70.6 Å². The summed E-state index contributed by atoms with van der Waals surface area (Å²) >= 11 is 0. The fourth-order valence-electron chi connectivity index (χ4n) is 6.45. The highest BCUT2D eigenvalue weighted by Crippen LogP contribution is 2.48. The molecule has 1 aromatic carbocycles. The summed E-state index contributed by atoms with van der Waals surface area (Å²) in [6, 6.07) is 4.37. The molecule has 1 saturated carbocycles. The Balaban J connectivity index is 1.29. The normalized spacial score (nSPS) is 29.1. The molecular formula is C28H34F3N5O4. The van der Waals surface area contributed by atoms with Gasteiger partial charge in [-0.1, -0.05) is 12.1 Å². The van der Waals surface area contributed by atoms with Gasteiger partial charge < -0.3 is 19.9 Å². The molecule has 3 amide bonds. The number of piperazine rings is 1. The first-order valence-corrected chi connectivity index (χ1v) is 13.6. The number of nitrogens with zero attached hydrogens (tertiary/aromatic N) is 4. The fourth-order valence-corrected chi connectivity index (χ4v) is 6.45. The number of likely N-dealkylation sites (tertiary alicyclic amines) is 3. The highest BCUT2D eigenvalue weighted by molar-refractivity contribution is 5.89. The lowest BCUT2D eigenvalue weighted by atomic mass is 10.0. The van der Waals surface area contributed by atoms with E-state index in [1.54, 1.807) is 37.5 Å². The number of fused-ring (bicyclic) bond motifs is 3. The molecule has 1 N–H and O–H groups in total. The second-order valence-electron chi connectivity index (χ2n) is 12.3. The molecule has 2 bridgehead atoms. The molecule has 0 spiro atoms. The van der Waals surface area contributed by atoms with Gasteiger partial charge in [-0.3, -0.25) is 14.5 Å². The van der Waals surface area contributed by atoms with E-state index < -0.39 is 47.6 Å². The summed E-state index contributed by atoms with van der Waals surface area (Å²) in [7, 11) is 0. The molecule has 3 heterocycles. The zero-order valence-electron chi connectivity index (χ0n) is 22.9. The summed E-state index contributed by atoms with van der Waals surface area (Å²) in [5, 5.41) is 12.3. The van der Waals surface area contributed by atoms with Crippen molar-refractivity contribution in [2.24, 2.45) is 5.92 Å². The van der Waals surface area contributed by atoms with Gasteiger partial charge in [0.25, 0.3) is 0 Å². The molecule has 7 atom stereocenters. The number of hydrogen-bond acceptors (Lipinski definition) is 6. The molecule has 1 aliphatic carbocycles. The first-order valence-electron chi connectivity index (χ1n) is 13.6. The molecule has 9 nitrogen and oxygen atoms in total. The Labute approximate surface area is 231 Å². The van der Waals surface area contributed by atoms with Gasteiger partial charge in [0.2, 0.25) is 11.8 Å². The second-order valence-corrected chi connectivity index (χ2v) is 12.3. The van der Waals surface area contributed by atoms with Crippen molar-refractivity contribution in [3.8, 4) is 6.07 Å². The number of halogens is 3. The molecular weight excluding hydrogens is 527 g/mol. The fraction of sp³-hybridized carbons (Fsp3) is 0.643. The van der Waals surface area contributed by atoms with Crippen LogP contribution in [-0.2, 0) is 20.5 Å². The maximum atomic E-state index is 13.7. The summed E-state index contributed by atoms with van der Waals surface area (Å²) in [6.07, 6.45) is -3.21. The molecule has 0 radical (unpaired) electrons. The number of piperidine rings is 1. The quantitative estimate of drug-likeness (QED) is 0.571. The predicted molar refractivity (Wildman–Crippen MR) is 136 cm³/mol. The Morgan fingerprint density at radius 1 is 1.15 bits per heavy atom. The number of benzene rings is 1. The van der Waals surface area contributed by atoms with Crippen LogP contribution in [0, 0.1) is 17.2 Å². The third-order valence-corrected chi connectivity index (χ3v) is 8.37. The molecule has 3 aliphatic heterocycles. The molecule has 1 unspecified atom stereocenters. The van der Waals surface area contributed by atoms with Crippen LogP contribution in [0.4, 0.5) is 18.0 Å². The maximum absolute atomic E-state index is 13.7. The van der Waals surface area contributed by atoms with Crippen molar-refractivity contribution in [2.45, 2.75) is 95.0 Å². The third-order valence-electron chi connectivity index (χ3n) is 8.37. The lowest BCUT2D eigenvalue weighted by molar-refractivity contribution is -0.141. The zero-order valence-corrected chi connectivity index (χ0v) is 22.9. The summed E-state index contributed by atoms with van der Waals surface area (Å²) in [5.74, 6) is -0.210. The van der Waals surface area contributed by atoms with Gasteiger partial charge in [0.1, 0.15) is 17.7 Å². The molecule has 1 aromatic rings. The van der Waals surface area contributed by atoms with Gasteiger partial charge >= 0.3 is 12.3 Å². The van der Waals surface area contributed by atoms with Crippen molar-refractivity contribution in [1.82, 2.24) is 20.0 Å². The largest absolute Gasteiger partial charge is 0.444 e. The van der Waals surface area contributed by atoms with Crippen LogP contribution in [0.5, 0.6) is 0 Å². The number of nitriles is 1. The summed E-state index contributed by atoms with van der Waals surface area (Å²) in [6.45, 7) is 7.48. The van der Waals surface area contributed by atoms with Crippen LogP contribution in [0.1, 0.15) is 64.1 Å². The first kappa shape index (κ1) is 28.2. The van der Waals surface area contributed by atoms with Crippen LogP contribution in [0.3, 0.4) is 0 Å². The number of rotatable bonds is 6. The lowest BCUT2D eigenvalue weighted by Gasteiger charge is -2.39. The Morgan fingerprint density at radius 2 is 1.82 bits per heavy atom. The molecule has 40 heavy (non-hydrogen) atoms. The van der Waals surface area contributed by atoms with E-state index >= 15 is 0 Å². The maximum Gasteiger partial charge on any atom is 0.416 e. The van der Waals surface area contributed by atoms with Crippen LogP contribution in [0.25, 0.3) is 0 Å². The minimum Gasteiger partial charge on any atom is -0.444 e. The Bertz CT molecular complexity index is 1220. The van der Waals surface area contributed by atoms with Crippen LogP contribution >= 0.6 is 0 Å². The number of nitrogens with one attached hydrogen (secondary N) is 1.